The van der Waals surface area contributed by atoms with E-state index in [0.29, 0.717) is 5.92 Å². The molecule has 0 amide bonds. The molecule has 3 aliphatic rings. The molecule has 0 aromatic carbocycles. The van der Waals surface area contributed by atoms with E-state index in [1.807, 2.05) is 6.92 Å². The minimum absolute atomic E-state index is 0.00466. The molecule has 1 saturated heterocycles. The molecular weight excluding hydrogens is 350 g/mol. The van der Waals surface area contributed by atoms with Crippen molar-refractivity contribution in [2.24, 2.45) is 16.8 Å². The van der Waals surface area contributed by atoms with Gasteiger partial charge in [0.15, 0.2) is 0 Å². The van der Waals surface area contributed by atoms with Crippen LogP contribution in [0.15, 0.2) is 4.99 Å². The number of nitrogens with one attached hydrogen (secondary N) is 2. The Kier molecular flexibility index (Phi) is 5.45. The molecule has 2 fully saturated rings. The predicted octanol–water partition coefficient (Wildman–Crippen LogP) is 1.15. The highest BCUT2D eigenvalue weighted by Crippen LogP contribution is 2.30. The fraction of sp³-hybridized carbons (Fsp3) is 0.938. The minimum Gasteiger partial charge on any atom is -0.381 e. The summed E-state index contributed by atoms with van der Waals surface area (Å²) in [4.78, 5) is 4.48. The van der Waals surface area contributed by atoms with Gasteiger partial charge in [0, 0.05) is 18.5 Å². The van der Waals surface area contributed by atoms with Crippen LogP contribution in [0, 0.1) is 11.8 Å². The second-order valence-corrected chi connectivity index (χ2v) is 9.95. The van der Waals surface area contributed by atoms with Crippen molar-refractivity contribution in [2.45, 2.75) is 62.7 Å². The number of sulfone groups is 1. The number of aliphatic imine (C=N–C) groups is 1. The smallest absolute Gasteiger partial charge is 0.217 e. The first-order valence-electron chi connectivity index (χ1n) is 8.79. The van der Waals surface area contributed by atoms with Gasteiger partial charge in [-0.1, -0.05) is 13.8 Å². The van der Waals surface area contributed by atoms with Gasteiger partial charge in [0.25, 0.3) is 0 Å². The molecule has 2 heterocycles. The van der Waals surface area contributed by atoms with E-state index in [4.69, 9.17) is 16.3 Å². The quantitative estimate of drug-likeness (QED) is 0.721. The van der Waals surface area contributed by atoms with Gasteiger partial charge in [0.05, 0.1) is 23.9 Å². The number of ether oxygens (including phenoxy) is 1. The van der Waals surface area contributed by atoms with Crippen LogP contribution >= 0.6 is 11.6 Å². The second kappa shape index (κ2) is 7.09. The fourth-order valence-electron chi connectivity index (χ4n) is 4.06. The van der Waals surface area contributed by atoms with Gasteiger partial charge in [-0.3, -0.25) is 4.99 Å². The average molecular weight is 378 g/mol. The highest BCUT2D eigenvalue weighted by molar-refractivity contribution is 8.06. The number of alkyl halides is 1. The van der Waals surface area contributed by atoms with E-state index in [9.17, 15) is 8.42 Å². The van der Waals surface area contributed by atoms with Crippen molar-refractivity contribution in [3.63, 3.8) is 0 Å². The maximum Gasteiger partial charge on any atom is 0.217 e. The number of halogens is 1. The van der Waals surface area contributed by atoms with Crippen LogP contribution in [0.4, 0.5) is 0 Å². The van der Waals surface area contributed by atoms with Gasteiger partial charge in [-0.2, -0.15) is 0 Å². The number of piperidine rings is 1. The summed E-state index contributed by atoms with van der Waals surface area (Å²) in [6.07, 6.45) is 2.80. The summed E-state index contributed by atoms with van der Waals surface area (Å²) < 4.78 is 31.1. The predicted molar refractivity (Wildman–Crippen MR) is 96.3 cm³/mol. The van der Waals surface area contributed by atoms with E-state index in [-0.39, 0.29) is 46.4 Å². The lowest BCUT2D eigenvalue weighted by Crippen LogP contribution is -2.54. The Hall–Kier alpha value is -0.370. The Labute approximate surface area is 149 Å². The van der Waals surface area contributed by atoms with Crippen LogP contribution in [-0.2, 0) is 14.6 Å². The molecule has 0 bridgehead atoms. The lowest BCUT2D eigenvalue weighted by Gasteiger charge is -2.37. The zero-order chi connectivity index (χ0) is 17.5. The van der Waals surface area contributed by atoms with E-state index in [1.165, 1.54) is 0 Å². The van der Waals surface area contributed by atoms with Crippen LogP contribution in [0.25, 0.3) is 0 Å². The molecule has 6 nitrogen and oxygen atoms in total. The summed E-state index contributed by atoms with van der Waals surface area (Å²) in [5, 5.41) is 6.64. The molecular formula is C16H28ClN3O3S. The summed E-state index contributed by atoms with van der Waals surface area (Å²) in [6, 6.07) is -0.00252. The topological polar surface area (TPSA) is 79.8 Å². The van der Waals surface area contributed by atoms with E-state index < -0.39 is 9.84 Å². The monoisotopic (exact) mass is 377 g/mol. The normalized spacial score (nSPS) is 43.0. The lowest BCUT2D eigenvalue weighted by molar-refractivity contribution is 0.0588. The first-order valence-corrected chi connectivity index (χ1v) is 10.9. The van der Waals surface area contributed by atoms with Crippen molar-refractivity contribution in [2.75, 3.05) is 19.4 Å². The molecule has 138 valence electrons. The molecule has 1 aliphatic carbocycles. The second-order valence-electron chi connectivity index (χ2n) is 7.50. The number of hydrogen-bond donors (Lipinski definition) is 2. The molecule has 8 heteroatoms. The van der Waals surface area contributed by atoms with Crippen molar-refractivity contribution in [1.29, 1.82) is 0 Å². The fourth-order valence-corrected chi connectivity index (χ4v) is 6.00. The van der Waals surface area contributed by atoms with Crippen LogP contribution in [0.5, 0.6) is 0 Å². The molecule has 0 aromatic heterocycles. The molecule has 1 saturated carbocycles. The highest BCUT2D eigenvalue weighted by Gasteiger charge is 2.41. The number of rotatable bonds is 3. The molecule has 7 unspecified atom stereocenters. The minimum atomic E-state index is -3.44. The number of amidine groups is 1. The number of nitrogens with zero attached hydrogens (tertiary/aromatic N) is 1. The zero-order valence-corrected chi connectivity index (χ0v) is 16.1. The zero-order valence-electron chi connectivity index (χ0n) is 14.5. The van der Waals surface area contributed by atoms with E-state index >= 15 is 0 Å². The summed E-state index contributed by atoms with van der Waals surface area (Å²) in [5.41, 5.74) is 0. The molecule has 0 aromatic rings. The van der Waals surface area contributed by atoms with Crippen molar-refractivity contribution in [3.05, 3.63) is 0 Å². The van der Waals surface area contributed by atoms with Gasteiger partial charge in [-0.05, 0) is 37.6 Å². The Morgan fingerprint density at radius 3 is 2.79 bits per heavy atom. The number of methoxy groups -OCH3 is 1. The van der Waals surface area contributed by atoms with Gasteiger partial charge < -0.3 is 15.4 Å². The summed E-state index contributed by atoms with van der Waals surface area (Å²) in [5.74, 6) is 0.493. The third-order valence-corrected chi connectivity index (χ3v) is 8.21. The highest BCUT2D eigenvalue weighted by atomic mass is 35.5. The van der Waals surface area contributed by atoms with Gasteiger partial charge in [0.2, 0.25) is 15.0 Å². The van der Waals surface area contributed by atoms with Gasteiger partial charge in [-0.25, -0.2) is 8.42 Å². The van der Waals surface area contributed by atoms with Crippen molar-refractivity contribution in [1.82, 2.24) is 10.6 Å². The van der Waals surface area contributed by atoms with Gasteiger partial charge >= 0.3 is 0 Å². The molecule has 2 N–H and O–H groups in total. The Bertz CT molecular complexity index is 597. The van der Waals surface area contributed by atoms with Crippen molar-refractivity contribution >= 4 is 26.6 Å². The third kappa shape index (κ3) is 3.59. The first kappa shape index (κ1) is 18.4. The van der Waals surface area contributed by atoms with Crippen LogP contribution in [0.3, 0.4) is 0 Å². The van der Waals surface area contributed by atoms with E-state index in [1.54, 1.807) is 7.11 Å². The molecule has 3 rings (SSSR count). The Morgan fingerprint density at radius 2 is 2.08 bits per heavy atom. The standard InChI is InChI=1S/C16H28ClN3O3S/c1-9-7-18-14(10(2)15(9)17)8-24(21,22)16-19-12-5-4-11(23-3)6-13(12)20-16/h9-15,18H,4-8H2,1-3H3,(H,19,20). The van der Waals surface area contributed by atoms with Gasteiger partial charge in [-0.15, -0.1) is 11.6 Å². The Morgan fingerprint density at radius 1 is 1.33 bits per heavy atom. The maximum atomic E-state index is 12.8. The van der Waals surface area contributed by atoms with E-state index in [2.05, 4.69) is 22.5 Å². The number of hydrogen-bond acceptors (Lipinski definition) is 6. The molecule has 24 heavy (non-hydrogen) atoms. The van der Waals surface area contributed by atoms with Crippen LogP contribution in [0.1, 0.15) is 33.1 Å². The average Bonchev–Trinajstić information content (AvgIpc) is 2.99. The lowest BCUT2D eigenvalue weighted by atomic mass is 9.87. The van der Waals surface area contributed by atoms with Crippen LogP contribution < -0.4 is 10.6 Å². The molecule has 0 spiro atoms. The van der Waals surface area contributed by atoms with Crippen molar-refractivity contribution in [3.8, 4) is 0 Å². The summed E-state index contributed by atoms with van der Waals surface area (Å²) >= 11 is 6.44. The van der Waals surface area contributed by atoms with Crippen LogP contribution in [-0.4, -0.2) is 62.6 Å². The van der Waals surface area contributed by atoms with Gasteiger partial charge in [0.1, 0.15) is 0 Å². The Balaban J connectivity index is 1.66. The summed E-state index contributed by atoms with van der Waals surface area (Å²) in [6.45, 7) is 4.86. The third-order valence-electron chi connectivity index (χ3n) is 5.77. The van der Waals surface area contributed by atoms with Crippen molar-refractivity contribution < 1.29 is 13.2 Å². The molecule has 2 aliphatic heterocycles. The first-order chi connectivity index (χ1) is 11.3. The summed E-state index contributed by atoms with van der Waals surface area (Å²) in [7, 11) is -1.73. The van der Waals surface area contributed by atoms with Crippen LogP contribution in [0.2, 0.25) is 0 Å². The SMILES string of the molecule is COC1CCC2N=C(S(=O)(=O)CC3NCC(C)C(Cl)C3C)NC2C1. The largest absolute Gasteiger partial charge is 0.381 e. The molecule has 7 atom stereocenters. The number of fused-ring (bicyclic) bond motifs is 1. The maximum absolute atomic E-state index is 12.8. The molecule has 0 radical (unpaired) electrons. The van der Waals surface area contributed by atoms with E-state index in [0.717, 1.165) is 25.8 Å².